The zero-order valence-electron chi connectivity index (χ0n) is 8.63. The molecule has 2 aliphatic carbocycles. The number of carbonyl (C=O) groups excluding carboxylic acids is 1. The summed E-state index contributed by atoms with van der Waals surface area (Å²) in [6.45, 7) is 3.44. The highest BCUT2D eigenvalue weighted by atomic mass is 16.5. The molecule has 14 heavy (non-hydrogen) atoms. The molecule has 0 aromatic rings. The van der Waals surface area contributed by atoms with E-state index >= 15 is 0 Å². The van der Waals surface area contributed by atoms with Crippen LogP contribution in [-0.4, -0.2) is 12.1 Å². The highest BCUT2D eigenvalue weighted by Gasteiger charge is 2.46. The molecule has 1 spiro atoms. The summed E-state index contributed by atoms with van der Waals surface area (Å²) in [5, 5.41) is 0. The third-order valence-corrected chi connectivity index (χ3v) is 3.85. The molecular formula is C12H18O2. The molecule has 0 amide bonds. The van der Waals surface area contributed by atoms with Gasteiger partial charge in [0.05, 0.1) is 0 Å². The van der Waals surface area contributed by atoms with Gasteiger partial charge in [0, 0.05) is 11.5 Å². The van der Waals surface area contributed by atoms with Crippen LogP contribution in [0, 0.1) is 5.41 Å². The maximum Gasteiger partial charge on any atom is 0.330 e. The average Bonchev–Trinajstić information content (AvgIpc) is 2.79. The summed E-state index contributed by atoms with van der Waals surface area (Å²) in [5.41, 5.74) is 0.346. The van der Waals surface area contributed by atoms with Gasteiger partial charge in [-0.3, -0.25) is 0 Å². The zero-order chi connectivity index (χ0) is 10.0. The van der Waals surface area contributed by atoms with Crippen LogP contribution in [0.1, 0.15) is 44.9 Å². The summed E-state index contributed by atoms with van der Waals surface area (Å²) in [6, 6.07) is 0. The quantitative estimate of drug-likeness (QED) is 0.499. The summed E-state index contributed by atoms with van der Waals surface area (Å²) >= 11 is 0. The Hall–Kier alpha value is -0.790. The fraction of sp³-hybridized carbons (Fsp3) is 0.750. The summed E-state index contributed by atoms with van der Waals surface area (Å²) in [4.78, 5) is 11.2. The van der Waals surface area contributed by atoms with Crippen molar-refractivity contribution in [2.75, 3.05) is 0 Å². The second-order valence-electron chi connectivity index (χ2n) is 4.59. The van der Waals surface area contributed by atoms with Crippen LogP contribution >= 0.6 is 0 Å². The molecule has 2 rings (SSSR count). The molecule has 0 radical (unpaired) electrons. The molecule has 1 unspecified atom stereocenters. The van der Waals surface area contributed by atoms with E-state index in [0.717, 1.165) is 6.42 Å². The first-order valence-electron chi connectivity index (χ1n) is 5.60. The van der Waals surface area contributed by atoms with E-state index in [-0.39, 0.29) is 12.1 Å². The predicted molar refractivity (Wildman–Crippen MR) is 54.8 cm³/mol. The van der Waals surface area contributed by atoms with Gasteiger partial charge < -0.3 is 4.74 Å². The van der Waals surface area contributed by atoms with E-state index < -0.39 is 0 Å². The second-order valence-corrected chi connectivity index (χ2v) is 4.59. The molecule has 0 bridgehead atoms. The van der Waals surface area contributed by atoms with Crippen LogP contribution in [0.25, 0.3) is 0 Å². The zero-order valence-corrected chi connectivity index (χ0v) is 8.63. The van der Waals surface area contributed by atoms with Crippen LogP contribution in [-0.2, 0) is 9.53 Å². The minimum Gasteiger partial charge on any atom is -0.459 e. The van der Waals surface area contributed by atoms with E-state index in [4.69, 9.17) is 4.74 Å². The number of esters is 1. The van der Waals surface area contributed by atoms with E-state index in [0.29, 0.717) is 5.41 Å². The van der Waals surface area contributed by atoms with Crippen molar-refractivity contribution < 1.29 is 9.53 Å². The lowest BCUT2D eigenvalue weighted by Crippen LogP contribution is -2.31. The molecule has 0 aromatic carbocycles. The fourth-order valence-corrected chi connectivity index (χ4v) is 3.13. The molecule has 1 atom stereocenters. The molecule has 0 aliphatic heterocycles. The van der Waals surface area contributed by atoms with Gasteiger partial charge in [0.25, 0.3) is 0 Å². The molecule has 0 aromatic heterocycles. The lowest BCUT2D eigenvalue weighted by Gasteiger charge is -2.30. The minimum atomic E-state index is -0.247. The molecular weight excluding hydrogens is 176 g/mol. The van der Waals surface area contributed by atoms with Crippen molar-refractivity contribution >= 4 is 5.97 Å². The van der Waals surface area contributed by atoms with E-state index in [2.05, 4.69) is 6.58 Å². The number of hydrogen-bond acceptors (Lipinski definition) is 2. The molecule has 0 N–H and O–H groups in total. The van der Waals surface area contributed by atoms with Crippen molar-refractivity contribution in [3.63, 3.8) is 0 Å². The van der Waals surface area contributed by atoms with E-state index in [1.165, 1.54) is 44.6 Å². The summed E-state index contributed by atoms with van der Waals surface area (Å²) in [5.74, 6) is -0.247. The topological polar surface area (TPSA) is 26.3 Å². The van der Waals surface area contributed by atoms with Gasteiger partial charge >= 0.3 is 5.97 Å². The predicted octanol–water partition coefficient (Wildman–Crippen LogP) is 2.83. The first-order chi connectivity index (χ1) is 6.77. The number of carbonyl (C=O) groups is 1. The maximum atomic E-state index is 11.2. The third-order valence-electron chi connectivity index (χ3n) is 3.85. The Balaban J connectivity index is 2.03. The highest BCUT2D eigenvalue weighted by molar-refractivity contribution is 5.81. The Morgan fingerprint density at radius 2 is 1.93 bits per heavy atom. The van der Waals surface area contributed by atoms with Crippen molar-refractivity contribution in [1.82, 2.24) is 0 Å². The monoisotopic (exact) mass is 194 g/mol. The van der Waals surface area contributed by atoms with Gasteiger partial charge in [-0.25, -0.2) is 4.79 Å². The van der Waals surface area contributed by atoms with Gasteiger partial charge in [-0.1, -0.05) is 19.4 Å². The van der Waals surface area contributed by atoms with Crippen molar-refractivity contribution in [2.45, 2.75) is 51.0 Å². The van der Waals surface area contributed by atoms with E-state index in [9.17, 15) is 4.79 Å². The molecule has 78 valence electrons. The summed E-state index contributed by atoms with van der Waals surface area (Å²) < 4.78 is 5.44. The number of rotatable bonds is 2. The first-order valence-corrected chi connectivity index (χ1v) is 5.60. The number of ether oxygens (including phenoxy) is 1. The Bertz CT molecular complexity index is 233. The molecule has 2 heteroatoms. The van der Waals surface area contributed by atoms with Crippen LogP contribution in [0.5, 0.6) is 0 Å². The molecule has 2 aliphatic rings. The summed E-state index contributed by atoms with van der Waals surface area (Å²) in [6.07, 6.45) is 10.1. The fourth-order valence-electron chi connectivity index (χ4n) is 3.13. The SMILES string of the molecule is C=CC(=O)OC1CCCC12CCCC2. The maximum absolute atomic E-state index is 11.2. The standard InChI is InChI=1S/C12H18O2/c1-2-11(13)14-10-6-5-9-12(10)7-3-4-8-12/h2,10H,1,3-9H2. The van der Waals surface area contributed by atoms with E-state index in [1.54, 1.807) is 0 Å². The van der Waals surface area contributed by atoms with Crippen LogP contribution in [0.3, 0.4) is 0 Å². The van der Waals surface area contributed by atoms with Crippen molar-refractivity contribution in [3.05, 3.63) is 12.7 Å². The Morgan fingerprint density at radius 3 is 2.57 bits per heavy atom. The van der Waals surface area contributed by atoms with Crippen molar-refractivity contribution in [2.24, 2.45) is 5.41 Å². The van der Waals surface area contributed by atoms with Crippen LogP contribution in [0.15, 0.2) is 12.7 Å². The average molecular weight is 194 g/mol. The van der Waals surface area contributed by atoms with Crippen LogP contribution in [0.2, 0.25) is 0 Å². The van der Waals surface area contributed by atoms with Gasteiger partial charge in [-0.05, 0) is 32.1 Å². The smallest absolute Gasteiger partial charge is 0.330 e. The molecule has 2 saturated carbocycles. The van der Waals surface area contributed by atoms with Crippen molar-refractivity contribution in [3.8, 4) is 0 Å². The third kappa shape index (κ3) is 1.58. The first kappa shape index (κ1) is 9.75. The normalized spacial score (nSPS) is 29.3. The molecule has 0 saturated heterocycles. The van der Waals surface area contributed by atoms with Gasteiger partial charge in [0.2, 0.25) is 0 Å². The largest absolute Gasteiger partial charge is 0.459 e. The lowest BCUT2D eigenvalue weighted by atomic mass is 9.82. The van der Waals surface area contributed by atoms with Gasteiger partial charge in [0.15, 0.2) is 0 Å². The van der Waals surface area contributed by atoms with Gasteiger partial charge in [0.1, 0.15) is 6.10 Å². The Morgan fingerprint density at radius 1 is 1.29 bits per heavy atom. The Kier molecular flexibility index (Phi) is 2.62. The number of hydrogen-bond donors (Lipinski definition) is 0. The summed E-state index contributed by atoms with van der Waals surface area (Å²) in [7, 11) is 0. The molecule has 2 nitrogen and oxygen atoms in total. The minimum absolute atomic E-state index is 0.176. The van der Waals surface area contributed by atoms with Gasteiger partial charge in [-0.15, -0.1) is 0 Å². The van der Waals surface area contributed by atoms with Crippen LogP contribution < -0.4 is 0 Å². The molecule has 2 fully saturated rings. The van der Waals surface area contributed by atoms with Crippen LogP contribution in [0.4, 0.5) is 0 Å². The van der Waals surface area contributed by atoms with E-state index in [1.807, 2.05) is 0 Å². The van der Waals surface area contributed by atoms with Gasteiger partial charge in [-0.2, -0.15) is 0 Å². The molecule has 0 heterocycles. The second kappa shape index (κ2) is 3.76. The van der Waals surface area contributed by atoms with Crippen molar-refractivity contribution in [1.29, 1.82) is 0 Å². The highest BCUT2D eigenvalue weighted by Crippen LogP contribution is 2.51. The lowest BCUT2D eigenvalue weighted by molar-refractivity contribution is -0.148. The Labute approximate surface area is 85.3 Å².